The smallest absolute Gasteiger partial charge is 0.193 e. The van der Waals surface area contributed by atoms with Crippen LogP contribution in [0.15, 0.2) is 59.6 Å². The number of anilines is 1. The Kier molecular flexibility index (Phi) is 6.42. The van der Waals surface area contributed by atoms with E-state index in [0.29, 0.717) is 12.5 Å². The van der Waals surface area contributed by atoms with E-state index in [-0.39, 0.29) is 5.41 Å². The summed E-state index contributed by atoms with van der Waals surface area (Å²) < 4.78 is 5.83. The second-order valence-corrected chi connectivity index (χ2v) is 7.17. The van der Waals surface area contributed by atoms with E-state index in [2.05, 4.69) is 43.2 Å². The van der Waals surface area contributed by atoms with Gasteiger partial charge in [-0.3, -0.25) is 4.99 Å². The third-order valence-corrected chi connectivity index (χ3v) is 3.51. The van der Waals surface area contributed by atoms with Gasteiger partial charge in [0.05, 0.1) is 0 Å². The Labute approximate surface area is 150 Å². The minimum absolute atomic E-state index is 0.0636. The van der Waals surface area contributed by atoms with E-state index < -0.39 is 0 Å². The predicted octanol–water partition coefficient (Wildman–Crippen LogP) is 3.79. The van der Waals surface area contributed by atoms with Crippen LogP contribution >= 0.6 is 0 Å². The van der Waals surface area contributed by atoms with Crippen LogP contribution in [0, 0.1) is 5.41 Å². The van der Waals surface area contributed by atoms with Crippen LogP contribution in [0.25, 0.3) is 0 Å². The highest BCUT2D eigenvalue weighted by Crippen LogP contribution is 2.23. The van der Waals surface area contributed by atoms with Gasteiger partial charge in [-0.15, -0.1) is 0 Å². The number of aliphatic imine (C=N–C) groups is 1. The topological polar surface area (TPSA) is 62.9 Å². The molecule has 0 aliphatic heterocycles. The maximum atomic E-state index is 6.03. The molecule has 0 fully saturated rings. The third kappa shape index (κ3) is 6.85. The molecule has 0 heterocycles. The zero-order valence-electron chi connectivity index (χ0n) is 15.5. The summed E-state index contributed by atoms with van der Waals surface area (Å²) in [5, 5.41) is 3.13. The molecule has 5 nitrogen and oxygen atoms in total. The molecule has 3 N–H and O–H groups in total. The Balaban J connectivity index is 1.97. The average molecular weight is 340 g/mol. The van der Waals surface area contributed by atoms with Gasteiger partial charge in [-0.25, -0.2) is 0 Å². The van der Waals surface area contributed by atoms with Crippen LogP contribution in [0.5, 0.6) is 11.5 Å². The second-order valence-electron chi connectivity index (χ2n) is 7.17. The molecule has 0 aliphatic carbocycles. The first kappa shape index (κ1) is 18.8. The number of guanidine groups is 1. The minimum Gasteiger partial charge on any atom is -0.457 e. The third-order valence-electron chi connectivity index (χ3n) is 3.51. The fraction of sp³-hybridized carbons (Fsp3) is 0.350. The zero-order chi connectivity index (χ0) is 18.3. The van der Waals surface area contributed by atoms with Crippen molar-refractivity contribution in [3.63, 3.8) is 0 Å². The van der Waals surface area contributed by atoms with Crippen molar-refractivity contribution in [2.45, 2.75) is 13.8 Å². The standard InChI is InChI=1S/C20H28N4O/c1-20(2,15-24(3)4)14-22-19(21)23-16-9-8-12-18(13-16)25-17-10-6-5-7-11-17/h5-13H,14-15H2,1-4H3,(H3,21,22,23). The monoisotopic (exact) mass is 340 g/mol. The fourth-order valence-corrected chi connectivity index (χ4v) is 2.65. The first-order valence-electron chi connectivity index (χ1n) is 8.39. The number of nitrogens with one attached hydrogen (secondary N) is 1. The van der Waals surface area contributed by atoms with E-state index in [1.54, 1.807) is 0 Å². The zero-order valence-corrected chi connectivity index (χ0v) is 15.5. The van der Waals surface area contributed by atoms with Crippen molar-refractivity contribution < 1.29 is 4.74 Å². The quantitative estimate of drug-likeness (QED) is 0.594. The normalized spacial score (nSPS) is 12.3. The summed E-state index contributed by atoms with van der Waals surface area (Å²) >= 11 is 0. The molecule has 2 rings (SSSR count). The Morgan fingerprint density at radius 1 is 1.08 bits per heavy atom. The van der Waals surface area contributed by atoms with E-state index in [1.165, 1.54) is 0 Å². The van der Waals surface area contributed by atoms with Gasteiger partial charge in [0.1, 0.15) is 11.5 Å². The lowest BCUT2D eigenvalue weighted by molar-refractivity contribution is 0.249. The maximum absolute atomic E-state index is 6.03. The number of nitrogens with zero attached hydrogens (tertiary/aromatic N) is 2. The van der Waals surface area contributed by atoms with Crippen molar-refractivity contribution in [1.82, 2.24) is 4.90 Å². The molecule has 0 bridgehead atoms. The Bertz CT molecular complexity index is 696. The van der Waals surface area contributed by atoms with Gasteiger partial charge in [0.2, 0.25) is 0 Å². The fourth-order valence-electron chi connectivity index (χ4n) is 2.65. The van der Waals surface area contributed by atoms with Crippen molar-refractivity contribution in [2.24, 2.45) is 16.1 Å². The molecule has 134 valence electrons. The van der Waals surface area contributed by atoms with Crippen LogP contribution in [0.2, 0.25) is 0 Å². The summed E-state index contributed by atoms with van der Waals surface area (Å²) in [7, 11) is 4.12. The molecule has 25 heavy (non-hydrogen) atoms. The average Bonchev–Trinajstić information content (AvgIpc) is 2.53. The van der Waals surface area contributed by atoms with E-state index in [9.17, 15) is 0 Å². The van der Waals surface area contributed by atoms with Crippen LogP contribution in [0.1, 0.15) is 13.8 Å². The summed E-state index contributed by atoms with van der Waals surface area (Å²) in [5.41, 5.74) is 6.94. The molecule has 2 aromatic rings. The van der Waals surface area contributed by atoms with E-state index >= 15 is 0 Å². The largest absolute Gasteiger partial charge is 0.457 e. The number of nitrogens with two attached hydrogens (primary N) is 1. The first-order chi connectivity index (χ1) is 11.8. The SMILES string of the molecule is CN(C)CC(C)(C)CN=C(N)Nc1cccc(Oc2ccccc2)c1. The lowest BCUT2D eigenvalue weighted by Gasteiger charge is -2.26. The van der Waals surface area contributed by atoms with Crippen molar-refractivity contribution >= 4 is 11.6 Å². The summed E-state index contributed by atoms with van der Waals surface area (Å²) in [4.78, 5) is 6.63. The molecule has 0 amide bonds. The highest BCUT2D eigenvalue weighted by molar-refractivity contribution is 5.92. The van der Waals surface area contributed by atoms with Gasteiger partial charge in [0.25, 0.3) is 0 Å². The highest BCUT2D eigenvalue weighted by atomic mass is 16.5. The van der Waals surface area contributed by atoms with E-state index in [0.717, 1.165) is 23.7 Å². The van der Waals surface area contributed by atoms with Gasteiger partial charge in [0, 0.05) is 24.8 Å². The Hall–Kier alpha value is -2.53. The first-order valence-corrected chi connectivity index (χ1v) is 8.39. The molecule has 0 spiro atoms. The molecule has 0 unspecified atom stereocenters. The van der Waals surface area contributed by atoms with Crippen molar-refractivity contribution in [3.8, 4) is 11.5 Å². The van der Waals surface area contributed by atoms with Crippen molar-refractivity contribution in [1.29, 1.82) is 0 Å². The number of rotatable bonds is 7. The minimum atomic E-state index is 0.0636. The van der Waals surface area contributed by atoms with Gasteiger partial charge >= 0.3 is 0 Å². The molecule has 0 aliphatic rings. The van der Waals surface area contributed by atoms with Gasteiger partial charge in [-0.2, -0.15) is 0 Å². The highest BCUT2D eigenvalue weighted by Gasteiger charge is 2.18. The number of hydrogen-bond acceptors (Lipinski definition) is 3. The molecule has 0 atom stereocenters. The lowest BCUT2D eigenvalue weighted by Crippen LogP contribution is -2.32. The predicted molar refractivity (Wildman–Crippen MR) is 105 cm³/mol. The van der Waals surface area contributed by atoms with Crippen molar-refractivity contribution in [2.75, 3.05) is 32.5 Å². The molecule has 0 radical (unpaired) electrons. The summed E-state index contributed by atoms with van der Waals surface area (Å²) in [6.07, 6.45) is 0. The van der Waals surface area contributed by atoms with Gasteiger partial charge < -0.3 is 20.7 Å². The molecule has 0 saturated heterocycles. The molecular formula is C20H28N4O. The molecule has 0 aromatic heterocycles. The van der Waals surface area contributed by atoms with Crippen LogP contribution in [-0.4, -0.2) is 38.0 Å². The molecule has 0 saturated carbocycles. The van der Waals surface area contributed by atoms with Crippen LogP contribution in [0.4, 0.5) is 5.69 Å². The van der Waals surface area contributed by atoms with Gasteiger partial charge in [-0.05, 0) is 43.8 Å². The Morgan fingerprint density at radius 3 is 2.44 bits per heavy atom. The van der Waals surface area contributed by atoms with Crippen LogP contribution in [0.3, 0.4) is 0 Å². The number of para-hydroxylation sites is 1. The lowest BCUT2D eigenvalue weighted by atomic mass is 9.93. The summed E-state index contributed by atoms with van der Waals surface area (Å²) in [5.74, 6) is 1.95. The van der Waals surface area contributed by atoms with Gasteiger partial charge in [-0.1, -0.05) is 38.1 Å². The van der Waals surface area contributed by atoms with Crippen LogP contribution in [-0.2, 0) is 0 Å². The Morgan fingerprint density at radius 2 is 1.76 bits per heavy atom. The maximum Gasteiger partial charge on any atom is 0.193 e. The molecular weight excluding hydrogens is 312 g/mol. The summed E-state index contributed by atoms with van der Waals surface area (Å²) in [6.45, 7) is 5.96. The van der Waals surface area contributed by atoms with E-state index in [4.69, 9.17) is 10.5 Å². The number of hydrogen-bond donors (Lipinski definition) is 2. The molecule has 5 heteroatoms. The van der Waals surface area contributed by atoms with Gasteiger partial charge in [0.15, 0.2) is 5.96 Å². The number of benzene rings is 2. The van der Waals surface area contributed by atoms with Crippen molar-refractivity contribution in [3.05, 3.63) is 54.6 Å². The summed E-state index contributed by atoms with van der Waals surface area (Å²) in [6, 6.07) is 17.3. The second kappa shape index (κ2) is 8.53. The number of ether oxygens (including phenoxy) is 1. The van der Waals surface area contributed by atoms with E-state index in [1.807, 2.05) is 54.6 Å². The van der Waals surface area contributed by atoms with Crippen LogP contribution < -0.4 is 15.8 Å². The molecule has 2 aromatic carbocycles.